The molecule has 0 aliphatic heterocycles. The van der Waals surface area contributed by atoms with Crippen molar-refractivity contribution in [3.63, 3.8) is 0 Å². The lowest BCUT2D eigenvalue weighted by Gasteiger charge is -2.65. The van der Waals surface area contributed by atoms with Gasteiger partial charge in [-0.3, -0.25) is 0 Å². The molecule has 4 saturated carbocycles. The summed E-state index contributed by atoms with van der Waals surface area (Å²) in [5.74, 6) is 2.16. The van der Waals surface area contributed by atoms with Crippen molar-refractivity contribution in [3.05, 3.63) is 0 Å². The van der Waals surface area contributed by atoms with E-state index in [-0.39, 0.29) is 23.2 Å². The molecule has 0 saturated heterocycles. The Hall–Kier alpha value is -0.150. The molecule has 3 heteroatoms. The second-order valence-electron chi connectivity index (χ2n) is 12.0. The van der Waals surface area contributed by atoms with Gasteiger partial charge < -0.3 is 10.2 Å². The summed E-state index contributed by atoms with van der Waals surface area (Å²) in [4.78, 5) is 0. The molecule has 2 N–H and O–H groups in total. The Labute approximate surface area is 178 Å². The quantitative estimate of drug-likeness (QED) is 0.599. The standard InChI is InChI=1S/C26H45FO2/c1-6-8-15(2)17-10-11-18-22-19(12-14-25(17,18)4)26(5)13-7-9-20(27)23(26)21(16(3)28)24(22)29/h15-24,28-29H,6-14H2,1-5H3/t15-,16?,17-,18+,19+,20+,21-,22+,23+,24-,25-,26-/m1/s1. The summed E-state index contributed by atoms with van der Waals surface area (Å²) in [6.07, 6.45) is 7.95. The first-order chi connectivity index (χ1) is 13.7. The van der Waals surface area contributed by atoms with Gasteiger partial charge in [0.05, 0.1) is 12.2 Å². The summed E-state index contributed by atoms with van der Waals surface area (Å²) in [5, 5.41) is 22.4. The first-order valence-electron chi connectivity index (χ1n) is 12.7. The van der Waals surface area contributed by atoms with Gasteiger partial charge in [0, 0.05) is 11.8 Å². The molecule has 168 valence electrons. The second-order valence-corrected chi connectivity index (χ2v) is 12.0. The van der Waals surface area contributed by atoms with Crippen molar-refractivity contribution in [3.8, 4) is 0 Å². The zero-order chi connectivity index (χ0) is 21.1. The molecule has 29 heavy (non-hydrogen) atoms. The van der Waals surface area contributed by atoms with Crippen LogP contribution in [0.3, 0.4) is 0 Å². The monoisotopic (exact) mass is 408 g/mol. The van der Waals surface area contributed by atoms with Gasteiger partial charge in [0.25, 0.3) is 0 Å². The highest BCUT2D eigenvalue weighted by Gasteiger charge is 2.66. The number of aliphatic hydroxyl groups excluding tert-OH is 2. The highest BCUT2D eigenvalue weighted by Crippen LogP contribution is 2.69. The van der Waals surface area contributed by atoms with Crippen molar-refractivity contribution in [2.45, 2.75) is 111 Å². The van der Waals surface area contributed by atoms with E-state index in [0.717, 1.165) is 31.1 Å². The molecule has 0 amide bonds. The lowest BCUT2D eigenvalue weighted by atomic mass is 9.41. The Morgan fingerprint density at radius 1 is 1.00 bits per heavy atom. The van der Waals surface area contributed by atoms with E-state index in [1.807, 2.05) is 0 Å². The average Bonchev–Trinajstić information content (AvgIpc) is 3.00. The predicted octanol–water partition coefficient (Wildman–Crippen LogP) is 6.00. The van der Waals surface area contributed by atoms with E-state index < -0.39 is 18.4 Å². The van der Waals surface area contributed by atoms with Crippen LogP contribution >= 0.6 is 0 Å². The molecule has 0 radical (unpaired) electrons. The third-order valence-corrected chi connectivity index (χ3v) is 10.8. The number of aliphatic hydroxyl groups is 2. The summed E-state index contributed by atoms with van der Waals surface area (Å²) in [6, 6.07) is 0. The van der Waals surface area contributed by atoms with E-state index in [2.05, 4.69) is 27.7 Å². The summed E-state index contributed by atoms with van der Waals surface area (Å²) in [7, 11) is 0. The van der Waals surface area contributed by atoms with Crippen molar-refractivity contribution in [2.24, 2.45) is 52.3 Å². The summed E-state index contributed by atoms with van der Waals surface area (Å²) < 4.78 is 15.3. The van der Waals surface area contributed by atoms with E-state index in [1.165, 1.54) is 32.1 Å². The highest BCUT2D eigenvalue weighted by molar-refractivity contribution is 5.15. The minimum Gasteiger partial charge on any atom is -0.393 e. The van der Waals surface area contributed by atoms with E-state index >= 15 is 4.39 Å². The van der Waals surface area contributed by atoms with Crippen LogP contribution in [0.1, 0.15) is 92.4 Å². The fraction of sp³-hybridized carbons (Fsp3) is 1.00. The molecule has 0 aromatic carbocycles. The fourth-order valence-corrected chi connectivity index (χ4v) is 9.68. The lowest BCUT2D eigenvalue weighted by molar-refractivity contribution is -0.224. The maximum atomic E-state index is 15.3. The Bertz CT molecular complexity index is 593. The molecule has 1 unspecified atom stereocenters. The maximum Gasteiger partial charge on any atom is 0.104 e. The number of hydrogen-bond donors (Lipinski definition) is 2. The molecule has 0 heterocycles. The molecule has 0 aromatic heterocycles. The molecular formula is C26H45FO2. The minimum absolute atomic E-state index is 0.0718. The van der Waals surface area contributed by atoms with Gasteiger partial charge in [-0.25, -0.2) is 4.39 Å². The van der Waals surface area contributed by atoms with Gasteiger partial charge in [-0.2, -0.15) is 0 Å². The highest BCUT2D eigenvalue weighted by atomic mass is 19.1. The summed E-state index contributed by atoms with van der Waals surface area (Å²) in [6.45, 7) is 11.3. The molecule has 0 spiro atoms. The van der Waals surface area contributed by atoms with E-state index in [4.69, 9.17) is 0 Å². The molecule has 12 atom stereocenters. The molecular weight excluding hydrogens is 363 g/mol. The first kappa shape index (κ1) is 22.1. The average molecular weight is 409 g/mol. The maximum absolute atomic E-state index is 15.3. The number of rotatable bonds is 4. The van der Waals surface area contributed by atoms with Crippen LogP contribution in [0, 0.1) is 52.3 Å². The van der Waals surface area contributed by atoms with Gasteiger partial charge in [0.2, 0.25) is 0 Å². The van der Waals surface area contributed by atoms with Crippen LogP contribution in [0.2, 0.25) is 0 Å². The molecule has 4 rings (SSSR count). The van der Waals surface area contributed by atoms with Crippen molar-refractivity contribution in [2.75, 3.05) is 0 Å². The second kappa shape index (κ2) is 7.76. The largest absolute Gasteiger partial charge is 0.393 e. The molecule has 4 fully saturated rings. The van der Waals surface area contributed by atoms with Crippen LogP contribution in [0.25, 0.3) is 0 Å². The normalized spacial score (nSPS) is 54.2. The molecule has 4 aliphatic carbocycles. The van der Waals surface area contributed by atoms with E-state index in [0.29, 0.717) is 23.7 Å². The van der Waals surface area contributed by atoms with E-state index in [1.54, 1.807) is 6.92 Å². The fourth-order valence-electron chi connectivity index (χ4n) is 9.68. The zero-order valence-electron chi connectivity index (χ0n) is 19.4. The van der Waals surface area contributed by atoms with Crippen molar-refractivity contribution >= 4 is 0 Å². The smallest absolute Gasteiger partial charge is 0.104 e. The Morgan fingerprint density at radius 3 is 2.34 bits per heavy atom. The lowest BCUT2D eigenvalue weighted by Crippen LogP contribution is -2.65. The van der Waals surface area contributed by atoms with Crippen molar-refractivity contribution < 1.29 is 14.6 Å². The van der Waals surface area contributed by atoms with Gasteiger partial charge in [0.1, 0.15) is 6.17 Å². The van der Waals surface area contributed by atoms with Crippen LogP contribution < -0.4 is 0 Å². The van der Waals surface area contributed by atoms with Gasteiger partial charge in [0.15, 0.2) is 0 Å². The Balaban J connectivity index is 1.71. The minimum atomic E-state index is -0.877. The Kier molecular flexibility index (Phi) is 5.91. The number of fused-ring (bicyclic) bond motifs is 5. The van der Waals surface area contributed by atoms with Gasteiger partial charge in [-0.15, -0.1) is 0 Å². The molecule has 2 nitrogen and oxygen atoms in total. The van der Waals surface area contributed by atoms with Crippen LogP contribution in [-0.2, 0) is 0 Å². The Morgan fingerprint density at radius 2 is 1.69 bits per heavy atom. The van der Waals surface area contributed by atoms with E-state index in [9.17, 15) is 10.2 Å². The van der Waals surface area contributed by atoms with Crippen molar-refractivity contribution in [1.29, 1.82) is 0 Å². The van der Waals surface area contributed by atoms with Crippen molar-refractivity contribution in [1.82, 2.24) is 0 Å². The van der Waals surface area contributed by atoms with Gasteiger partial charge in [-0.05, 0) is 92.3 Å². The first-order valence-corrected chi connectivity index (χ1v) is 12.7. The molecule has 0 aromatic rings. The third kappa shape index (κ3) is 3.15. The van der Waals surface area contributed by atoms with Crippen LogP contribution in [0.5, 0.6) is 0 Å². The third-order valence-electron chi connectivity index (χ3n) is 10.8. The zero-order valence-corrected chi connectivity index (χ0v) is 19.4. The van der Waals surface area contributed by atoms with Gasteiger partial charge in [-0.1, -0.05) is 40.5 Å². The summed E-state index contributed by atoms with van der Waals surface area (Å²) >= 11 is 0. The predicted molar refractivity (Wildman–Crippen MR) is 116 cm³/mol. The topological polar surface area (TPSA) is 40.5 Å². The molecule has 0 bridgehead atoms. The van der Waals surface area contributed by atoms with Crippen LogP contribution in [0.15, 0.2) is 0 Å². The van der Waals surface area contributed by atoms with Crippen LogP contribution in [-0.4, -0.2) is 28.6 Å². The SMILES string of the molecule is CCC[C@@H](C)[C@H]1CC[C@H]2[C@@H]3[C@H](O)[C@H](C(C)O)[C@@H]4[C@@H](F)CCC[C@]4(C)[C@H]3CC[C@]12C. The number of hydrogen-bond acceptors (Lipinski definition) is 2. The number of alkyl halides is 1. The molecule has 4 aliphatic rings. The van der Waals surface area contributed by atoms with Gasteiger partial charge >= 0.3 is 0 Å². The van der Waals surface area contributed by atoms with Crippen LogP contribution in [0.4, 0.5) is 4.39 Å². The number of halogens is 1. The summed E-state index contributed by atoms with van der Waals surface area (Å²) in [5.41, 5.74) is 0.227.